The number of rotatable bonds is 5. The molecule has 1 fully saturated rings. The summed E-state index contributed by atoms with van der Waals surface area (Å²) in [6.45, 7) is 3.55. The van der Waals surface area contributed by atoms with Crippen LogP contribution < -0.4 is 26.6 Å². The van der Waals surface area contributed by atoms with Crippen LogP contribution in [0.3, 0.4) is 0 Å². The van der Waals surface area contributed by atoms with E-state index >= 15 is 0 Å². The number of aryl methyl sites for hydroxylation is 1. The maximum Gasteiger partial charge on any atom is 0.332 e. The number of hydrogen-bond acceptors (Lipinski definition) is 7. The smallest absolute Gasteiger partial charge is 0.332 e. The fraction of sp³-hybridized carbons (Fsp3) is 0.385. The first-order chi connectivity index (χ1) is 17.4. The lowest BCUT2D eigenvalue weighted by Crippen LogP contribution is -2.44. The number of imidazole rings is 1. The lowest BCUT2D eigenvalue weighted by atomic mass is 10.1. The Labute approximate surface area is 207 Å². The van der Waals surface area contributed by atoms with Crippen LogP contribution in [0.2, 0.25) is 0 Å². The molecule has 1 atom stereocenters. The number of benzene rings is 1. The Morgan fingerprint density at radius 3 is 2.78 bits per heavy atom. The van der Waals surface area contributed by atoms with Crippen LogP contribution in [-0.4, -0.2) is 49.9 Å². The Kier molecular flexibility index (Phi) is 6.24. The van der Waals surface area contributed by atoms with E-state index in [1.165, 1.54) is 9.13 Å². The van der Waals surface area contributed by atoms with Gasteiger partial charge in [-0.25, -0.2) is 4.79 Å². The molecule has 3 aromatic heterocycles. The van der Waals surface area contributed by atoms with Gasteiger partial charge in [-0.1, -0.05) is 12.0 Å². The van der Waals surface area contributed by atoms with Crippen molar-refractivity contribution in [3.8, 4) is 17.6 Å². The molecular formula is C26H29N7O3. The van der Waals surface area contributed by atoms with Crippen LogP contribution in [-0.2, 0) is 20.1 Å². The second kappa shape index (κ2) is 9.51. The molecule has 36 heavy (non-hydrogen) atoms. The molecule has 2 N–H and O–H groups in total. The molecule has 1 aromatic carbocycles. The standard InChI is InChI=1S/C26H29N7O3/c1-4-5-13-32-22-23(29-25(32)31-12-6-7-18(27)16-31)30(2)26(35)33(24(22)34)15-17-8-9-21(36-3)19-10-11-28-14-20(17)19/h8-11,14,18H,6-7,12-13,15-16,27H2,1-3H3. The van der Waals surface area contributed by atoms with Crippen molar-refractivity contribution in [1.29, 1.82) is 0 Å². The summed E-state index contributed by atoms with van der Waals surface area (Å²) in [5, 5.41) is 1.68. The molecule has 1 unspecified atom stereocenters. The molecule has 0 spiro atoms. The predicted octanol–water partition coefficient (Wildman–Crippen LogP) is 1.45. The number of aromatic nitrogens is 5. The fourth-order valence-electron chi connectivity index (χ4n) is 4.95. The number of nitrogens with zero attached hydrogens (tertiary/aromatic N) is 6. The zero-order chi connectivity index (χ0) is 25.4. The van der Waals surface area contributed by atoms with Crippen molar-refractivity contribution in [2.75, 3.05) is 25.1 Å². The molecule has 1 aliphatic heterocycles. The predicted molar refractivity (Wildman–Crippen MR) is 140 cm³/mol. The van der Waals surface area contributed by atoms with Gasteiger partial charge in [-0.2, -0.15) is 4.98 Å². The molecule has 186 valence electrons. The van der Waals surface area contributed by atoms with E-state index in [-0.39, 0.29) is 19.1 Å². The van der Waals surface area contributed by atoms with E-state index in [1.54, 1.807) is 33.5 Å². The van der Waals surface area contributed by atoms with Gasteiger partial charge in [0.2, 0.25) is 5.95 Å². The SMILES string of the molecule is CC#CCn1c(N2CCCC(N)C2)nc2c1c(=O)n(Cc1ccc(OC)c3ccncc13)c(=O)n2C. The van der Waals surface area contributed by atoms with Crippen molar-refractivity contribution in [2.24, 2.45) is 12.8 Å². The number of anilines is 1. The third-order valence-electron chi connectivity index (χ3n) is 6.78. The monoisotopic (exact) mass is 487 g/mol. The number of methoxy groups -OCH3 is 1. The van der Waals surface area contributed by atoms with Crippen LogP contribution in [0.25, 0.3) is 21.9 Å². The van der Waals surface area contributed by atoms with Crippen LogP contribution in [0.5, 0.6) is 5.75 Å². The maximum atomic E-state index is 13.9. The van der Waals surface area contributed by atoms with Gasteiger partial charge in [-0.05, 0) is 37.5 Å². The van der Waals surface area contributed by atoms with Gasteiger partial charge in [-0.3, -0.25) is 23.5 Å². The molecule has 1 saturated heterocycles. The Hall–Kier alpha value is -4.10. The highest BCUT2D eigenvalue weighted by Crippen LogP contribution is 2.28. The fourth-order valence-corrected chi connectivity index (χ4v) is 4.95. The number of piperidine rings is 1. The third-order valence-corrected chi connectivity index (χ3v) is 6.78. The van der Waals surface area contributed by atoms with E-state index < -0.39 is 11.2 Å². The van der Waals surface area contributed by atoms with E-state index in [1.807, 2.05) is 22.8 Å². The molecule has 0 aliphatic carbocycles. The molecule has 4 heterocycles. The lowest BCUT2D eigenvalue weighted by Gasteiger charge is -2.31. The van der Waals surface area contributed by atoms with Crippen LogP contribution in [0.15, 0.2) is 40.2 Å². The Bertz CT molecular complexity index is 1640. The minimum absolute atomic E-state index is 0.0294. The molecule has 10 nitrogen and oxygen atoms in total. The molecule has 0 radical (unpaired) electrons. The largest absolute Gasteiger partial charge is 0.496 e. The van der Waals surface area contributed by atoms with Crippen molar-refractivity contribution in [2.45, 2.75) is 38.9 Å². The first-order valence-electron chi connectivity index (χ1n) is 11.9. The average molecular weight is 488 g/mol. The first kappa shape index (κ1) is 23.6. The topological polar surface area (TPSA) is 113 Å². The van der Waals surface area contributed by atoms with Crippen LogP contribution in [0.4, 0.5) is 5.95 Å². The summed E-state index contributed by atoms with van der Waals surface area (Å²) in [7, 11) is 3.25. The summed E-state index contributed by atoms with van der Waals surface area (Å²) in [6, 6.07) is 5.58. The van der Waals surface area contributed by atoms with Gasteiger partial charge in [-0.15, -0.1) is 5.92 Å². The summed E-state index contributed by atoms with van der Waals surface area (Å²) in [5.41, 5.74) is 6.87. The molecular weight excluding hydrogens is 458 g/mol. The zero-order valence-electron chi connectivity index (χ0n) is 20.7. The minimum atomic E-state index is -0.437. The second-order valence-electron chi connectivity index (χ2n) is 9.03. The van der Waals surface area contributed by atoms with E-state index in [2.05, 4.69) is 21.7 Å². The first-order valence-corrected chi connectivity index (χ1v) is 11.9. The molecule has 0 amide bonds. The van der Waals surface area contributed by atoms with E-state index in [4.69, 9.17) is 15.5 Å². The van der Waals surface area contributed by atoms with Gasteiger partial charge in [0.15, 0.2) is 11.2 Å². The molecule has 0 saturated carbocycles. The lowest BCUT2D eigenvalue weighted by molar-refractivity contribution is 0.419. The number of pyridine rings is 1. The van der Waals surface area contributed by atoms with Crippen molar-refractivity contribution >= 4 is 27.9 Å². The number of nitrogens with two attached hydrogens (primary N) is 1. The van der Waals surface area contributed by atoms with Crippen molar-refractivity contribution < 1.29 is 4.74 Å². The molecule has 5 rings (SSSR count). The van der Waals surface area contributed by atoms with E-state index in [0.717, 1.165) is 35.7 Å². The Morgan fingerprint density at radius 2 is 2.03 bits per heavy atom. The summed E-state index contributed by atoms with van der Waals surface area (Å²) in [6.07, 6.45) is 5.29. The van der Waals surface area contributed by atoms with Gasteiger partial charge < -0.3 is 15.4 Å². The third kappa shape index (κ3) is 3.91. The summed E-state index contributed by atoms with van der Waals surface area (Å²) in [5.74, 6) is 7.28. The molecule has 4 aromatic rings. The quantitative estimate of drug-likeness (QED) is 0.424. The number of hydrogen-bond donors (Lipinski definition) is 1. The summed E-state index contributed by atoms with van der Waals surface area (Å²) >= 11 is 0. The number of fused-ring (bicyclic) bond motifs is 2. The van der Waals surface area contributed by atoms with Crippen molar-refractivity contribution in [3.63, 3.8) is 0 Å². The zero-order valence-corrected chi connectivity index (χ0v) is 20.7. The normalized spacial score (nSPS) is 15.8. The van der Waals surface area contributed by atoms with Crippen LogP contribution in [0.1, 0.15) is 25.3 Å². The van der Waals surface area contributed by atoms with Crippen molar-refractivity contribution in [1.82, 2.24) is 23.7 Å². The van der Waals surface area contributed by atoms with E-state index in [9.17, 15) is 9.59 Å². The van der Waals surface area contributed by atoms with Gasteiger partial charge in [0.25, 0.3) is 5.56 Å². The van der Waals surface area contributed by atoms with E-state index in [0.29, 0.717) is 29.4 Å². The minimum Gasteiger partial charge on any atom is -0.496 e. The maximum absolute atomic E-state index is 13.9. The highest BCUT2D eigenvalue weighted by Gasteiger charge is 2.26. The molecule has 0 bridgehead atoms. The average Bonchev–Trinajstić information content (AvgIpc) is 3.28. The van der Waals surface area contributed by atoms with Crippen LogP contribution in [0, 0.1) is 11.8 Å². The highest BCUT2D eigenvalue weighted by atomic mass is 16.5. The molecule has 1 aliphatic rings. The number of ether oxygens (including phenoxy) is 1. The second-order valence-corrected chi connectivity index (χ2v) is 9.03. The Morgan fingerprint density at radius 1 is 1.19 bits per heavy atom. The highest BCUT2D eigenvalue weighted by molar-refractivity contribution is 5.90. The Balaban J connectivity index is 1.71. The van der Waals surface area contributed by atoms with Crippen molar-refractivity contribution in [3.05, 3.63) is 57.0 Å². The summed E-state index contributed by atoms with van der Waals surface area (Å²) in [4.78, 5) is 38.4. The molecule has 10 heteroatoms. The van der Waals surface area contributed by atoms with Gasteiger partial charge in [0.1, 0.15) is 5.75 Å². The van der Waals surface area contributed by atoms with Gasteiger partial charge in [0.05, 0.1) is 20.2 Å². The van der Waals surface area contributed by atoms with Gasteiger partial charge >= 0.3 is 5.69 Å². The van der Waals surface area contributed by atoms with Crippen LogP contribution >= 0.6 is 0 Å². The summed E-state index contributed by atoms with van der Waals surface area (Å²) < 4.78 is 9.98. The van der Waals surface area contributed by atoms with Gasteiger partial charge in [0, 0.05) is 49.3 Å².